The zero-order valence-corrected chi connectivity index (χ0v) is 10.3. The maximum atomic E-state index is 5.63. The number of benzene rings is 2. The van der Waals surface area contributed by atoms with Gasteiger partial charge in [-0.2, -0.15) is 0 Å². The average Bonchev–Trinajstić information content (AvgIpc) is 2.30. The van der Waals surface area contributed by atoms with Crippen LogP contribution in [-0.4, -0.2) is 12.5 Å². The van der Waals surface area contributed by atoms with Crippen molar-refractivity contribution < 1.29 is 4.18 Å². The smallest absolute Gasteiger partial charge is 0.191 e. The van der Waals surface area contributed by atoms with Gasteiger partial charge >= 0.3 is 0 Å². The molecule has 2 heteroatoms. The highest BCUT2D eigenvalue weighted by molar-refractivity contribution is 7.91. The molecule has 0 spiro atoms. The minimum atomic E-state index is -0.0176. The van der Waals surface area contributed by atoms with E-state index in [4.69, 9.17) is 4.18 Å². The topological polar surface area (TPSA) is 9.23 Å². The molecular weight excluding hydrogens is 216 g/mol. The Kier molecular flexibility index (Phi) is 3.52. The second-order valence-corrected chi connectivity index (χ2v) is 5.37. The predicted octanol–water partition coefficient (Wildman–Crippen LogP) is 3.53. The van der Waals surface area contributed by atoms with Crippen LogP contribution in [0.25, 0.3) is 11.1 Å². The predicted molar refractivity (Wildman–Crippen MR) is 71.7 cm³/mol. The summed E-state index contributed by atoms with van der Waals surface area (Å²) in [5, 5.41) is 0. The van der Waals surface area contributed by atoms with Gasteiger partial charge in [-0.1, -0.05) is 42.5 Å². The quantitative estimate of drug-likeness (QED) is 0.734. The van der Waals surface area contributed by atoms with E-state index in [9.17, 15) is 0 Å². The average molecular weight is 231 g/mol. The maximum Gasteiger partial charge on any atom is 0.191 e. The van der Waals surface area contributed by atoms with Crippen LogP contribution >= 0.6 is 0 Å². The lowest BCUT2D eigenvalue weighted by Gasteiger charge is -2.03. The summed E-state index contributed by atoms with van der Waals surface area (Å²) in [5.41, 5.74) is 2.46. The van der Waals surface area contributed by atoms with Crippen molar-refractivity contribution in [1.82, 2.24) is 0 Å². The second kappa shape index (κ2) is 5.08. The second-order valence-electron chi connectivity index (χ2n) is 3.72. The van der Waals surface area contributed by atoms with Crippen molar-refractivity contribution in [3.05, 3.63) is 54.6 Å². The van der Waals surface area contributed by atoms with Crippen LogP contribution in [0.1, 0.15) is 0 Å². The van der Waals surface area contributed by atoms with E-state index >= 15 is 0 Å². The molecular formula is C14H15OS+. The van der Waals surface area contributed by atoms with Crippen LogP contribution in [0, 0.1) is 0 Å². The van der Waals surface area contributed by atoms with Crippen molar-refractivity contribution in [3.8, 4) is 16.9 Å². The molecule has 0 saturated carbocycles. The maximum absolute atomic E-state index is 5.63. The first-order valence-corrected chi connectivity index (χ1v) is 7.14. The van der Waals surface area contributed by atoms with Gasteiger partial charge in [0, 0.05) is 0 Å². The molecule has 0 unspecified atom stereocenters. The van der Waals surface area contributed by atoms with Gasteiger partial charge in [0.1, 0.15) is 12.5 Å². The molecule has 0 bridgehead atoms. The van der Waals surface area contributed by atoms with Gasteiger partial charge in [0.25, 0.3) is 0 Å². The Morgan fingerprint density at radius 3 is 1.88 bits per heavy atom. The van der Waals surface area contributed by atoms with E-state index in [1.807, 2.05) is 18.2 Å². The fraction of sp³-hybridized carbons (Fsp3) is 0.143. The Morgan fingerprint density at radius 1 is 0.750 bits per heavy atom. The van der Waals surface area contributed by atoms with E-state index in [1.54, 1.807) is 0 Å². The largest absolute Gasteiger partial charge is 0.287 e. The van der Waals surface area contributed by atoms with E-state index in [2.05, 4.69) is 48.9 Å². The van der Waals surface area contributed by atoms with E-state index in [0.717, 1.165) is 5.75 Å². The van der Waals surface area contributed by atoms with Crippen molar-refractivity contribution in [2.75, 3.05) is 12.5 Å². The number of hydrogen-bond acceptors (Lipinski definition) is 1. The molecule has 82 valence electrons. The van der Waals surface area contributed by atoms with Crippen molar-refractivity contribution in [2.24, 2.45) is 0 Å². The molecule has 0 heterocycles. The van der Waals surface area contributed by atoms with Gasteiger partial charge in [-0.3, -0.25) is 4.18 Å². The number of hydrogen-bond donors (Lipinski definition) is 0. The lowest BCUT2D eigenvalue weighted by Crippen LogP contribution is -2.03. The molecule has 0 N–H and O–H groups in total. The summed E-state index contributed by atoms with van der Waals surface area (Å²) in [7, 11) is 0. The van der Waals surface area contributed by atoms with Crippen LogP contribution in [0.4, 0.5) is 0 Å². The Balaban J connectivity index is 2.20. The molecule has 0 amide bonds. The fourth-order valence-electron chi connectivity index (χ4n) is 1.53. The van der Waals surface area contributed by atoms with Crippen molar-refractivity contribution in [3.63, 3.8) is 0 Å². The molecule has 0 aliphatic rings. The van der Waals surface area contributed by atoms with Gasteiger partial charge in [-0.15, -0.1) is 0 Å². The van der Waals surface area contributed by atoms with Crippen LogP contribution in [0.3, 0.4) is 0 Å². The highest BCUT2D eigenvalue weighted by atomic mass is 32.2. The standard InChI is InChI=1S/C14H15OS/c1-16(2)15-14-10-8-13(9-11-14)12-6-4-3-5-7-12/h3-11H,1-2H3/q+1. The van der Waals surface area contributed by atoms with Crippen molar-refractivity contribution in [2.45, 2.75) is 0 Å². The SMILES string of the molecule is C[S+](C)Oc1ccc(-c2ccccc2)cc1. The van der Waals surface area contributed by atoms with Gasteiger partial charge < -0.3 is 0 Å². The Hall–Kier alpha value is -1.41. The summed E-state index contributed by atoms with van der Waals surface area (Å²) < 4.78 is 5.63. The van der Waals surface area contributed by atoms with E-state index in [-0.39, 0.29) is 11.2 Å². The first-order valence-electron chi connectivity index (χ1n) is 5.17. The van der Waals surface area contributed by atoms with E-state index < -0.39 is 0 Å². The zero-order chi connectivity index (χ0) is 11.4. The fourth-order valence-corrected chi connectivity index (χ4v) is 2.02. The van der Waals surface area contributed by atoms with Crippen LogP contribution < -0.4 is 4.18 Å². The molecule has 0 aliphatic carbocycles. The van der Waals surface area contributed by atoms with Crippen LogP contribution in [0.5, 0.6) is 5.75 Å². The lowest BCUT2D eigenvalue weighted by molar-refractivity contribution is 0.635. The molecule has 2 aromatic rings. The van der Waals surface area contributed by atoms with Gasteiger partial charge in [-0.05, 0) is 23.3 Å². The molecule has 2 aromatic carbocycles. The number of rotatable bonds is 3. The van der Waals surface area contributed by atoms with Crippen LogP contribution in [0.15, 0.2) is 54.6 Å². The van der Waals surface area contributed by atoms with E-state index in [1.165, 1.54) is 11.1 Å². The normalized spacial score (nSPS) is 10.4. The summed E-state index contributed by atoms with van der Waals surface area (Å²) >= 11 is -0.0176. The Morgan fingerprint density at radius 2 is 1.31 bits per heavy atom. The van der Waals surface area contributed by atoms with Gasteiger partial charge in [0.2, 0.25) is 0 Å². The molecule has 0 atom stereocenters. The Bertz CT molecular complexity index is 434. The Labute approximate surface area is 99.6 Å². The summed E-state index contributed by atoms with van der Waals surface area (Å²) in [4.78, 5) is 0. The minimum absolute atomic E-state index is 0.0176. The molecule has 0 fully saturated rings. The monoisotopic (exact) mass is 231 g/mol. The molecule has 2 rings (SSSR count). The highest BCUT2D eigenvalue weighted by Crippen LogP contribution is 2.22. The molecule has 1 nitrogen and oxygen atoms in total. The van der Waals surface area contributed by atoms with Gasteiger partial charge in [0.05, 0.1) is 0 Å². The molecule has 0 radical (unpaired) electrons. The first-order chi connectivity index (χ1) is 7.75. The molecule has 0 aromatic heterocycles. The van der Waals surface area contributed by atoms with Gasteiger partial charge in [0.15, 0.2) is 16.9 Å². The summed E-state index contributed by atoms with van der Waals surface area (Å²) in [6.07, 6.45) is 4.12. The van der Waals surface area contributed by atoms with Crippen molar-refractivity contribution >= 4 is 11.2 Å². The third-order valence-electron chi connectivity index (χ3n) is 2.22. The molecule has 0 saturated heterocycles. The highest BCUT2D eigenvalue weighted by Gasteiger charge is 2.05. The third kappa shape index (κ3) is 2.80. The lowest BCUT2D eigenvalue weighted by atomic mass is 10.1. The third-order valence-corrected chi connectivity index (χ3v) is 2.75. The first kappa shape index (κ1) is 11.1. The zero-order valence-electron chi connectivity index (χ0n) is 9.51. The van der Waals surface area contributed by atoms with Crippen molar-refractivity contribution in [1.29, 1.82) is 0 Å². The van der Waals surface area contributed by atoms with Gasteiger partial charge in [-0.25, -0.2) is 0 Å². The molecule has 16 heavy (non-hydrogen) atoms. The summed E-state index contributed by atoms with van der Waals surface area (Å²) in [6.45, 7) is 0. The van der Waals surface area contributed by atoms with Crippen LogP contribution in [-0.2, 0) is 11.2 Å². The summed E-state index contributed by atoms with van der Waals surface area (Å²) in [6, 6.07) is 18.6. The molecule has 0 aliphatic heterocycles. The minimum Gasteiger partial charge on any atom is -0.287 e. The van der Waals surface area contributed by atoms with Crippen LogP contribution in [0.2, 0.25) is 0 Å². The van der Waals surface area contributed by atoms with E-state index in [0.29, 0.717) is 0 Å². The summed E-state index contributed by atoms with van der Waals surface area (Å²) in [5.74, 6) is 0.938.